The number of amides is 1. The van der Waals surface area contributed by atoms with E-state index in [1.54, 1.807) is 0 Å². The minimum absolute atomic E-state index is 0.00742. The van der Waals surface area contributed by atoms with Crippen LogP contribution in [-0.2, 0) is 10.0 Å². The average Bonchev–Trinajstić information content (AvgIpc) is 3.15. The summed E-state index contributed by atoms with van der Waals surface area (Å²) in [5, 5.41) is 0.474. The van der Waals surface area contributed by atoms with Gasteiger partial charge < -0.3 is 14.5 Å². The molecule has 0 aliphatic carbocycles. The molecular weight excluding hydrogens is 448 g/mol. The molecule has 2 aromatic rings. The van der Waals surface area contributed by atoms with Crippen LogP contribution in [0.2, 0.25) is 0 Å². The van der Waals surface area contributed by atoms with Crippen LogP contribution in [0.4, 0.5) is 5.69 Å². The number of piperazine rings is 1. The summed E-state index contributed by atoms with van der Waals surface area (Å²) in [4.78, 5) is 20.0. The average molecular weight is 473 g/mol. The first-order chi connectivity index (χ1) is 15.5. The molecule has 0 aromatic heterocycles. The lowest BCUT2D eigenvalue weighted by Gasteiger charge is -2.34. The molecule has 0 N–H and O–H groups in total. The van der Waals surface area contributed by atoms with Crippen LogP contribution in [0, 0.1) is 0 Å². The molecule has 0 atom stereocenters. The van der Waals surface area contributed by atoms with Crippen molar-refractivity contribution in [1.82, 2.24) is 9.80 Å². The van der Waals surface area contributed by atoms with Crippen LogP contribution in [0.15, 0.2) is 57.8 Å². The number of amidine groups is 1. The molecule has 2 aromatic carbocycles. The van der Waals surface area contributed by atoms with Gasteiger partial charge in [-0.1, -0.05) is 18.2 Å². The molecule has 10 heteroatoms. The molecule has 0 radical (unpaired) electrons. The highest BCUT2D eigenvalue weighted by Gasteiger charge is 2.34. The number of para-hydroxylation sites is 1. The van der Waals surface area contributed by atoms with Gasteiger partial charge in [0.15, 0.2) is 5.17 Å². The summed E-state index contributed by atoms with van der Waals surface area (Å²) in [5.41, 5.74) is 1.55. The van der Waals surface area contributed by atoms with E-state index in [9.17, 15) is 13.2 Å². The Balaban J connectivity index is 1.16. The van der Waals surface area contributed by atoms with Crippen molar-refractivity contribution in [2.75, 3.05) is 56.5 Å². The second-order valence-corrected chi connectivity index (χ2v) is 10.7. The third-order valence-electron chi connectivity index (χ3n) is 5.80. The summed E-state index contributed by atoms with van der Waals surface area (Å²) in [5.74, 6) is 0.890. The van der Waals surface area contributed by atoms with Crippen molar-refractivity contribution in [3.8, 4) is 5.75 Å². The first-order valence-electron chi connectivity index (χ1n) is 10.6. The van der Waals surface area contributed by atoms with E-state index in [4.69, 9.17) is 4.74 Å². The van der Waals surface area contributed by atoms with Gasteiger partial charge in [-0.3, -0.25) is 9.69 Å². The van der Waals surface area contributed by atoms with E-state index in [0.29, 0.717) is 37.0 Å². The third kappa shape index (κ3) is 4.48. The van der Waals surface area contributed by atoms with Gasteiger partial charge in [0.2, 0.25) is 0 Å². The summed E-state index contributed by atoms with van der Waals surface area (Å²) in [6.07, 6.45) is 0. The van der Waals surface area contributed by atoms with Gasteiger partial charge in [-0.05, 0) is 42.1 Å². The standard InChI is InChI=1S/C22H24N4O4S2/c27-21(25-10-8-24(9-11-25)12-14-30-18-4-2-1-3-5-18)17-6-7-19-20(16-17)31-22-23-32(28,29)15-13-26(19)22/h1-7,16H,8-15H2. The molecule has 0 saturated carbocycles. The van der Waals surface area contributed by atoms with Gasteiger partial charge in [-0.2, -0.15) is 0 Å². The van der Waals surface area contributed by atoms with E-state index in [2.05, 4.69) is 9.30 Å². The van der Waals surface area contributed by atoms with E-state index in [0.717, 1.165) is 36.0 Å². The maximum atomic E-state index is 13.1. The summed E-state index contributed by atoms with van der Waals surface area (Å²) in [7, 11) is -3.39. The Labute approximate surface area is 191 Å². The normalized spacial score (nSPS) is 19.8. The van der Waals surface area contributed by atoms with Gasteiger partial charge in [0.05, 0.1) is 11.4 Å². The quantitative estimate of drug-likeness (QED) is 0.659. The van der Waals surface area contributed by atoms with Crippen molar-refractivity contribution >= 4 is 38.5 Å². The van der Waals surface area contributed by atoms with Gasteiger partial charge in [0.1, 0.15) is 12.4 Å². The molecule has 3 aliphatic rings. The Hall–Kier alpha value is -2.56. The van der Waals surface area contributed by atoms with Crippen molar-refractivity contribution < 1.29 is 17.9 Å². The fraction of sp³-hybridized carbons (Fsp3) is 0.364. The number of ether oxygens (including phenoxy) is 1. The Morgan fingerprint density at radius 1 is 1.03 bits per heavy atom. The van der Waals surface area contributed by atoms with Crippen LogP contribution in [-0.4, -0.2) is 80.9 Å². The van der Waals surface area contributed by atoms with Gasteiger partial charge in [0.25, 0.3) is 15.9 Å². The molecule has 3 aliphatic heterocycles. The summed E-state index contributed by atoms with van der Waals surface area (Å²) in [6, 6.07) is 15.4. The maximum Gasteiger partial charge on any atom is 0.257 e. The molecule has 0 bridgehead atoms. The van der Waals surface area contributed by atoms with E-state index < -0.39 is 10.0 Å². The Kier molecular flexibility index (Phi) is 5.83. The number of fused-ring (bicyclic) bond motifs is 3. The molecule has 1 saturated heterocycles. The van der Waals surface area contributed by atoms with Crippen molar-refractivity contribution in [1.29, 1.82) is 0 Å². The zero-order valence-corrected chi connectivity index (χ0v) is 19.1. The highest BCUT2D eigenvalue weighted by Crippen LogP contribution is 2.42. The van der Waals surface area contributed by atoms with Gasteiger partial charge in [-0.15, -0.1) is 4.40 Å². The van der Waals surface area contributed by atoms with Crippen molar-refractivity contribution in [2.45, 2.75) is 4.90 Å². The Bertz CT molecular complexity index is 1150. The molecule has 5 rings (SSSR count). The van der Waals surface area contributed by atoms with Crippen LogP contribution in [0.1, 0.15) is 10.4 Å². The molecule has 8 nitrogen and oxygen atoms in total. The second-order valence-electron chi connectivity index (χ2n) is 7.89. The zero-order valence-electron chi connectivity index (χ0n) is 17.5. The SMILES string of the molecule is O=C(c1ccc2c(c1)SC1=NS(=O)(=O)CCN12)N1CCN(CCOc2ccccc2)CC1. The first-order valence-corrected chi connectivity index (χ1v) is 13.0. The highest BCUT2D eigenvalue weighted by molar-refractivity contribution is 8.15. The number of anilines is 1. The number of thioether (sulfide) groups is 1. The topological polar surface area (TPSA) is 82.5 Å². The van der Waals surface area contributed by atoms with E-state index in [-0.39, 0.29) is 11.7 Å². The molecular formula is C22H24N4O4S2. The molecule has 32 heavy (non-hydrogen) atoms. The minimum atomic E-state index is -3.39. The third-order valence-corrected chi connectivity index (χ3v) is 8.10. The van der Waals surface area contributed by atoms with Crippen LogP contribution in [0.3, 0.4) is 0 Å². The summed E-state index contributed by atoms with van der Waals surface area (Å²) < 4.78 is 33.2. The lowest BCUT2D eigenvalue weighted by molar-refractivity contribution is 0.0620. The fourth-order valence-electron chi connectivity index (χ4n) is 4.03. The minimum Gasteiger partial charge on any atom is -0.492 e. The lowest BCUT2D eigenvalue weighted by atomic mass is 10.1. The van der Waals surface area contributed by atoms with E-state index in [1.165, 1.54) is 11.8 Å². The molecule has 1 amide bonds. The van der Waals surface area contributed by atoms with E-state index in [1.807, 2.05) is 58.3 Å². The number of sulfonamides is 1. The fourth-order valence-corrected chi connectivity index (χ4v) is 6.33. The van der Waals surface area contributed by atoms with Crippen molar-refractivity contribution in [3.05, 3.63) is 54.1 Å². The number of nitrogens with zero attached hydrogens (tertiary/aromatic N) is 4. The first kappa shape index (κ1) is 21.3. The molecule has 1 fully saturated rings. The van der Waals surface area contributed by atoms with E-state index >= 15 is 0 Å². The van der Waals surface area contributed by atoms with Crippen molar-refractivity contribution in [2.24, 2.45) is 4.40 Å². The number of hydrogen-bond acceptors (Lipinski definition) is 7. The van der Waals surface area contributed by atoms with Gasteiger partial charge in [-0.25, -0.2) is 8.42 Å². The molecule has 0 unspecified atom stereocenters. The highest BCUT2D eigenvalue weighted by atomic mass is 32.2. The van der Waals surface area contributed by atoms with Crippen LogP contribution >= 0.6 is 11.8 Å². The number of carbonyl (C=O) groups excluding carboxylic acids is 1. The van der Waals surface area contributed by atoms with Gasteiger partial charge in [0, 0.05) is 49.7 Å². The molecule has 3 heterocycles. The Morgan fingerprint density at radius 3 is 2.59 bits per heavy atom. The summed E-state index contributed by atoms with van der Waals surface area (Å²) in [6.45, 7) is 4.81. The van der Waals surface area contributed by atoms with Crippen molar-refractivity contribution in [3.63, 3.8) is 0 Å². The number of hydrogen-bond donors (Lipinski definition) is 0. The van der Waals surface area contributed by atoms with Crippen LogP contribution in [0.25, 0.3) is 0 Å². The largest absolute Gasteiger partial charge is 0.492 e. The molecule has 168 valence electrons. The zero-order chi connectivity index (χ0) is 22.1. The predicted octanol–water partition coefficient (Wildman–Crippen LogP) is 2.13. The van der Waals surface area contributed by atoms with Gasteiger partial charge >= 0.3 is 0 Å². The second kappa shape index (κ2) is 8.76. The lowest BCUT2D eigenvalue weighted by Crippen LogP contribution is -2.49. The monoisotopic (exact) mass is 472 g/mol. The maximum absolute atomic E-state index is 13.1. The number of benzene rings is 2. The van der Waals surface area contributed by atoms with Crippen LogP contribution < -0.4 is 9.64 Å². The predicted molar refractivity (Wildman–Crippen MR) is 125 cm³/mol. The number of carbonyl (C=O) groups is 1. The number of rotatable bonds is 5. The summed E-state index contributed by atoms with van der Waals surface area (Å²) >= 11 is 1.31. The van der Waals surface area contributed by atoms with Crippen LogP contribution in [0.5, 0.6) is 5.75 Å². The Morgan fingerprint density at radius 2 is 1.81 bits per heavy atom. The smallest absolute Gasteiger partial charge is 0.257 e. The molecule has 0 spiro atoms.